The van der Waals surface area contributed by atoms with Crippen LogP contribution in [0.4, 0.5) is 10.2 Å². The zero-order chi connectivity index (χ0) is 22.3. The summed E-state index contributed by atoms with van der Waals surface area (Å²) < 4.78 is 13.7. The van der Waals surface area contributed by atoms with Crippen LogP contribution in [0.15, 0.2) is 67.0 Å². The van der Waals surface area contributed by atoms with Crippen LogP contribution in [0.5, 0.6) is 0 Å². The number of nitrogens with zero attached hydrogens (tertiary/aromatic N) is 3. The molecule has 1 aromatic carbocycles. The number of likely N-dealkylation sites (tertiary alicyclic amines) is 1. The number of hydrogen-bond donors (Lipinski definition) is 2. The lowest BCUT2D eigenvalue weighted by Gasteiger charge is -2.37. The number of rotatable bonds is 7. The predicted octanol–water partition coefficient (Wildman–Crippen LogP) is 4.04. The van der Waals surface area contributed by atoms with Gasteiger partial charge in [-0.15, -0.1) is 0 Å². The van der Waals surface area contributed by atoms with Crippen molar-refractivity contribution in [3.05, 3.63) is 89.6 Å². The molecule has 0 unspecified atom stereocenters. The maximum Gasteiger partial charge on any atom is 0.251 e. The third kappa shape index (κ3) is 5.29. The number of amides is 1. The molecule has 2 aromatic heterocycles. The Hall–Kier alpha value is -3.32. The van der Waals surface area contributed by atoms with Gasteiger partial charge in [-0.05, 0) is 61.7 Å². The topological polar surface area (TPSA) is 70.2 Å². The highest BCUT2D eigenvalue weighted by Gasteiger charge is 2.31. The maximum atomic E-state index is 13.7. The Kier molecular flexibility index (Phi) is 7.07. The van der Waals surface area contributed by atoms with E-state index in [1.165, 1.54) is 12.1 Å². The van der Waals surface area contributed by atoms with E-state index in [4.69, 9.17) is 0 Å². The molecule has 1 fully saturated rings. The third-order valence-electron chi connectivity index (χ3n) is 5.92. The van der Waals surface area contributed by atoms with Gasteiger partial charge in [-0.2, -0.15) is 0 Å². The highest BCUT2D eigenvalue weighted by atomic mass is 19.1. The molecule has 0 saturated carbocycles. The summed E-state index contributed by atoms with van der Waals surface area (Å²) in [6.45, 7) is 2.59. The smallest absolute Gasteiger partial charge is 0.251 e. The minimum Gasteiger partial charge on any atom is -0.373 e. The van der Waals surface area contributed by atoms with Crippen molar-refractivity contribution in [2.45, 2.75) is 25.4 Å². The molecular formula is C25H28FN5O. The van der Waals surface area contributed by atoms with Gasteiger partial charge < -0.3 is 10.6 Å². The molecule has 3 aromatic rings. The zero-order valence-corrected chi connectivity index (χ0v) is 18.2. The second kappa shape index (κ2) is 10.3. The van der Waals surface area contributed by atoms with Crippen LogP contribution in [0.1, 0.15) is 40.5 Å². The van der Waals surface area contributed by atoms with Gasteiger partial charge in [0, 0.05) is 43.7 Å². The largest absolute Gasteiger partial charge is 0.373 e. The molecule has 6 nitrogen and oxygen atoms in total. The fraction of sp³-hybridized carbons (Fsp3) is 0.320. The van der Waals surface area contributed by atoms with Crippen LogP contribution in [-0.4, -0.2) is 40.9 Å². The Morgan fingerprint density at radius 3 is 2.81 bits per heavy atom. The Bertz CT molecular complexity index is 1050. The Balaban J connectivity index is 1.53. The Morgan fingerprint density at radius 1 is 1.16 bits per heavy atom. The van der Waals surface area contributed by atoms with Gasteiger partial charge >= 0.3 is 0 Å². The average Bonchev–Trinajstić information content (AvgIpc) is 2.83. The first kappa shape index (κ1) is 21.9. The third-order valence-corrected chi connectivity index (χ3v) is 5.92. The number of pyridine rings is 2. The van der Waals surface area contributed by atoms with Crippen LogP contribution in [0.2, 0.25) is 0 Å². The van der Waals surface area contributed by atoms with E-state index in [1.807, 2.05) is 31.3 Å². The number of benzene rings is 1. The molecular weight excluding hydrogens is 405 g/mol. The van der Waals surface area contributed by atoms with E-state index in [-0.39, 0.29) is 17.9 Å². The number of carbonyl (C=O) groups excluding carboxylic acids is 1. The number of hydrogen-bond acceptors (Lipinski definition) is 5. The zero-order valence-electron chi connectivity index (χ0n) is 18.2. The summed E-state index contributed by atoms with van der Waals surface area (Å²) in [7, 11) is 1.88. The summed E-state index contributed by atoms with van der Waals surface area (Å²) in [6.07, 6.45) is 5.53. The van der Waals surface area contributed by atoms with E-state index in [2.05, 4.69) is 31.6 Å². The van der Waals surface area contributed by atoms with Gasteiger partial charge in [-0.1, -0.05) is 18.2 Å². The van der Waals surface area contributed by atoms with Crippen LogP contribution in [0.25, 0.3) is 0 Å². The van der Waals surface area contributed by atoms with Crippen molar-refractivity contribution in [1.82, 2.24) is 20.2 Å². The molecule has 166 valence electrons. The van der Waals surface area contributed by atoms with E-state index < -0.39 is 5.82 Å². The summed E-state index contributed by atoms with van der Waals surface area (Å²) >= 11 is 0. The lowest BCUT2D eigenvalue weighted by Crippen LogP contribution is -2.43. The van der Waals surface area contributed by atoms with Crippen molar-refractivity contribution in [3.8, 4) is 0 Å². The van der Waals surface area contributed by atoms with Crippen LogP contribution in [0, 0.1) is 11.7 Å². The highest BCUT2D eigenvalue weighted by molar-refractivity contribution is 5.94. The summed E-state index contributed by atoms with van der Waals surface area (Å²) in [5, 5.41) is 6.29. The van der Waals surface area contributed by atoms with Gasteiger partial charge in [0.25, 0.3) is 5.91 Å². The molecule has 0 spiro atoms. The highest BCUT2D eigenvalue weighted by Crippen LogP contribution is 2.30. The van der Waals surface area contributed by atoms with Gasteiger partial charge in [0.05, 0.1) is 11.7 Å². The summed E-state index contributed by atoms with van der Waals surface area (Å²) in [5.41, 5.74) is 2.28. The Morgan fingerprint density at radius 2 is 2.03 bits per heavy atom. The lowest BCUT2D eigenvalue weighted by molar-refractivity contribution is 0.0874. The second-order valence-electron chi connectivity index (χ2n) is 8.11. The van der Waals surface area contributed by atoms with Crippen molar-refractivity contribution in [3.63, 3.8) is 0 Å². The van der Waals surface area contributed by atoms with Crippen molar-refractivity contribution in [1.29, 1.82) is 0 Å². The predicted molar refractivity (Wildman–Crippen MR) is 123 cm³/mol. The number of halogens is 1. The SMILES string of the molecule is CNc1ncccc1CN1CCC[C@H]([C@@H](NC(=O)c2cccc(F)c2)c2ccccn2)C1. The van der Waals surface area contributed by atoms with E-state index in [1.54, 1.807) is 24.5 Å². The van der Waals surface area contributed by atoms with Crippen molar-refractivity contribution >= 4 is 11.7 Å². The van der Waals surface area contributed by atoms with Gasteiger partial charge in [0.2, 0.25) is 0 Å². The van der Waals surface area contributed by atoms with E-state index in [0.717, 1.165) is 49.6 Å². The Labute approximate surface area is 187 Å². The molecule has 1 saturated heterocycles. The first-order valence-electron chi connectivity index (χ1n) is 11.0. The minimum absolute atomic E-state index is 0.186. The molecule has 0 aliphatic carbocycles. The first-order chi connectivity index (χ1) is 15.6. The van der Waals surface area contributed by atoms with Crippen molar-refractivity contribution in [2.75, 3.05) is 25.5 Å². The normalized spacial score (nSPS) is 17.5. The average molecular weight is 434 g/mol. The monoisotopic (exact) mass is 433 g/mol. The number of piperidine rings is 1. The van der Waals surface area contributed by atoms with Crippen LogP contribution in [0.3, 0.4) is 0 Å². The number of aromatic nitrogens is 2. The van der Waals surface area contributed by atoms with Crippen molar-refractivity contribution in [2.24, 2.45) is 5.92 Å². The number of nitrogens with one attached hydrogen (secondary N) is 2. The van der Waals surface area contributed by atoms with Crippen LogP contribution in [-0.2, 0) is 6.54 Å². The molecule has 32 heavy (non-hydrogen) atoms. The molecule has 0 bridgehead atoms. The molecule has 4 rings (SSSR count). The number of carbonyl (C=O) groups is 1. The molecule has 1 aliphatic heterocycles. The summed E-state index contributed by atoms with van der Waals surface area (Å²) in [5.74, 6) is 0.357. The van der Waals surface area contributed by atoms with Crippen LogP contribution < -0.4 is 10.6 Å². The first-order valence-corrected chi connectivity index (χ1v) is 11.0. The number of anilines is 1. The molecule has 1 aliphatic rings. The van der Waals surface area contributed by atoms with E-state index in [9.17, 15) is 9.18 Å². The van der Waals surface area contributed by atoms with Gasteiger partial charge in [0.1, 0.15) is 11.6 Å². The molecule has 7 heteroatoms. The fourth-order valence-corrected chi connectivity index (χ4v) is 4.39. The van der Waals surface area contributed by atoms with Crippen molar-refractivity contribution < 1.29 is 9.18 Å². The molecule has 2 atom stereocenters. The fourth-order valence-electron chi connectivity index (χ4n) is 4.39. The van der Waals surface area contributed by atoms with Gasteiger partial charge in [0.15, 0.2) is 0 Å². The van der Waals surface area contributed by atoms with Gasteiger partial charge in [-0.3, -0.25) is 14.7 Å². The van der Waals surface area contributed by atoms with E-state index in [0.29, 0.717) is 5.56 Å². The summed E-state index contributed by atoms with van der Waals surface area (Å²) in [6, 6.07) is 15.3. The molecule has 3 heterocycles. The molecule has 0 radical (unpaired) electrons. The quantitative estimate of drug-likeness (QED) is 0.589. The maximum absolute atomic E-state index is 13.7. The molecule has 2 N–H and O–H groups in total. The second-order valence-corrected chi connectivity index (χ2v) is 8.11. The van der Waals surface area contributed by atoms with Gasteiger partial charge in [-0.25, -0.2) is 9.37 Å². The molecule has 1 amide bonds. The minimum atomic E-state index is -0.423. The lowest BCUT2D eigenvalue weighted by atomic mass is 9.88. The summed E-state index contributed by atoms with van der Waals surface area (Å²) in [4.78, 5) is 24.3. The van der Waals surface area contributed by atoms with Crippen LogP contribution >= 0.6 is 0 Å². The van der Waals surface area contributed by atoms with E-state index >= 15 is 0 Å². The standard InChI is InChI=1S/C25H28FN5O/c1-27-24-20(8-5-13-29-24)17-31-14-6-9-19(16-31)23(22-11-2-3-12-28-22)30-25(32)18-7-4-10-21(26)15-18/h2-5,7-8,10-13,15,19,23H,6,9,14,16-17H2,1H3,(H,27,29)(H,30,32)/t19-,23+/m0/s1.